The Morgan fingerprint density at radius 3 is 2.78 bits per heavy atom. The number of nitrogens with zero attached hydrogens (tertiary/aromatic N) is 1. The quantitative estimate of drug-likeness (QED) is 0.575. The van der Waals surface area contributed by atoms with Crippen molar-refractivity contribution in [1.82, 2.24) is 4.90 Å². The lowest BCUT2D eigenvalue weighted by atomic mass is 10.0. The fraction of sp³-hybridized carbons (Fsp3) is 0.381. The summed E-state index contributed by atoms with van der Waals surface area (Å²) >= 11 is 1.56. The van der Waals surface area contributed by atoms with Crippen molar-refractivity contribution in [2.45, 2.75) is 26.5 Å². The Morgan fingerprint density at radius 1 is 1.33 bits per heavy atom. The Kier molecular flexibility index (Phi) is 6.66. The van der Waals surface area contributed by atoms with E-state index in [1.807, 2.05) is 31.4 Å². The molecule has 1 aliphatic heterocycles. The second-order valence-corrected chi connectivity index (χ2v) is 7.69. The third-order valence-electron chi connectivity index (χ3n) is 4.30. The monoisotopic (exact) mass is 387 g/mol. The zero-order valence-corrected chi connectivity index (χ0v) is 16.5. The van der Waals surface area contributed by atoms with Gasteiger partial charge in [0.25, 0.3) is 0 Å². The first kappa shape index (κ1) is 19.6. The number of phenols is 1. The van der Waals surface area contributed by atoms with Gasteiger partial charge < -0.3 is 14.6 Å². The van der Waals surface area contributed by atoms with Gasteiger partial charge in [-0.1, -0.05) is 6.07 Å². The topological polar surface area (TPSA) is 59.0 Å². The molecule has 0 unspecified atom stereocenters. The summed E-state index contributed by atoms with van der Waals surface area (Å²) in [6.45, 7) is 7.32. The van der Waals surface area contributed by atoms with Crippen molar-refractivity contribution in [3.63, 3.8) is 0 Å². The van der Waals surface area contributed by atoms with E-state index >= 15 is 0 Å². The molecule has 6 heteroatoms. The van der Waals surface area contributed by atoms with Crippen molar-refractivity contribution >= 4 is 23.2 Å². The van der Waals surface area contributed by atoms with Crippen LogP contribution < -0.4 is 4.74 Å². The molecule has 0 amide bonds. The standard InChI is InChI=1S/C21H25NO4S/c1-15(2)26-20-8-6-17(19(23)7-5-16-4-3-13-27-16)21(24)18(20)14-22-9-11-25-12-10-22/h3-8,13,15,24H,9-12,14H2,1-2H3/b7-5+. The largest absolute Gasteiger partial charge is 0.507 e. The normalized spacial score (nSPS) is 15.5. The van der Waals surface area contributed by atoms with Crippen molar-refractivity contribution in [3.8, 4) is 11.5 Å². The third-order valence-corrected chi connectivity index (χ3v) is 5.13. The number of morpholine rings is 1. The van der Waals surface area contributed by atoms with Crippen LogP contribution in [-0.2, 0) is 11.3 Å². The maximum absolute atomic E-state index is 12.6. The number of aromatic hydroxyl groups is 1. The van der Waals surface area contributed by atoms with Crippen molar-refractivity contribution in [3.05, 3.63) is 51.7 Å². The number of phenolic OH excluding ortho intramolecular Hbond substituents is 1. The van der Waals surface area contributed by atoms with Crippen molar-refractivity contribution in [2.24, 2.45) is 0 Å². The molecule has 2 aromatic rings. The molecule has 0 bridgehead atoms. The second-order valence-electron chi connectivity index (χ2n) is 6.71. The summed E-state index contributed by atoms with van der Waals surface area (Å²) in [5, 5.41) is 12.8. The second kappa shape index (κ2) is 9.17. The lowest BCUT2D eigenvalue weighted by Gasteiger charge is -2.28. The molecule has 0 atom stereocenters. The Bertz CT molecular complexity index is 793. The van der Waals surface area contributed by atoms with Crippen molar-refractivity contribution in [2.75, 3.05) is 26.3 Å². The van der Waals surface area contributed by atoms with Gasteiger partial charge in [-0.2, -0.15) is 0 Å². The lowest BCUT2D eigenvalue weighted by Crippen LogP contribution is -2.35. The highest BCUT2D eigenvalue weighted by Crippen LogP contribution is 2.34. The number of allylic oxidation sites excluding steroid dienone is 1. The van der Waals surface area contributed by atoms with E-state index in [9.17, 15) is 9.90 Å². The fourth-order valence-corrected chi connectivity index (χ4v) is 3.57. The van der Waals surface area contributed by atoms with E-state index in [1.165, 1.54) is 6.08 Å². The number of carbonyl (C=O) groups is 1. The van der Waals surface area contributed by atoms with E-state index in [0.717, 1.165) is 18.0 Å². The maximum Gasteiger partial charge on any atom is 0.189 e. The first-order valence-electron chi connectivity index (χ1n) is 9.12. The number of ether oxygens (including phenoxy) is 2. The van der Waals surface area contributed by atoms with Crippen LogP contribution in [0.5, 0.6) is 11.5 Å². The van der Waals surface area contributed by atoms with Gasteiger partial charge in [-0.3, -0.25) is 9.69 Å². The molecule has 1 N–H and O–H groups in total. The predicted octanol–water partition coefficient (Wildman–Crippen LogP) is 3.97. The predicted molar refractivity (Wildman–Crippen MR) is 108 cm³/mol. The maximum atomic E-state index is 12.6. The van der Waals surface area contributed by atoms with Gasteiger partial charge in [-0.25, -0.2) is 0 Å². The molecule has 1 fully saturated rings. The van der Waals surface area contributed by atoms with Crippen molar-refractivity contribution in [1.29, 1.82) is 0 Å². The molecule has 5 nitrogen and oxygen atoms in total. The number of rotatable bonds is 7. The van der Waals surface area contributed by atoms with Crippen LogP contribution in [0.2, 0.25) is 0 Å². The first-order chi connectivity index (χ1) is 13.0. The molecule has 1 aromatic carbocycles. The molecule has 1 aliphatic rings. The summed E-state index contributed by atoms with van der Waals surface area (Å²) in [5.74, 6) is 0.397. The summed E-state index contributed by atoms with van der Waals surface area (Å²) in [6.07, 6.45) is 3.25. The average molecular weight is 388 g/mol. The molecule has 0 radical (unpaired) electrons. The number of hydrogen-bond acceptors (Lipinski definition) is 6. The molecular weight excluding hydrogens is 362 g/mol. The molecule has 0 spiro atoms. The van der Waals surface area contributed by atoms with Crippen LogP contribution in [0.25, 0.3) is 6.08 Å². The van der Waals surface area contributed by atoms with Gasteiger partial charge in [0.05, 0.1) is 30.4 Å². The highest BCUT2D eigenvalue weighted by molar-refractivity contribution is 7.10. The Balaban J connectivity index is 1.87. The molecule has 1 aromatic heterocycles. The van der Waals surface area contributed by atoms with E-state index < -0.39 is 0 Å². The molecule has 3 rings (SSSR count). The summed E-state index contributed by atoms with van der Waals surface area (Å²) in [6, 6.07) is 7.29. The van der Waals surface area contributed by atoms with E-state index in [1.54, 1.807) is 29.5 Å². The number of benzene rings is 1. The number of carbonyl (C=O) groups excluding carboxylic acids is 1. The van der Waals surface area contributed by atoms with E-state index in [2.05, 4.69) is 4.90 Å². The van der Waals surface area contributed by atoms with Gasteiger partial charge in [0.15, 0.2) is 5.78 Å². The van der Waals surface area contributed by atoms with Gasteiger partial charge in [0.2, 0.25) is 0 Å². The highest BCUT2D eigenvalue weighted by Gasteiger charge is 2.21. The number of hydrogen-bond donors (Lipinski definition) is 1. The van der Waals surface area contributed by atoms with Crippen LogP contribution >= 0.6 is 11.3 Å². The average Bonchev–Trinajstić information content (AvgIpc) is 3.17. The van der Waals surface area contributed by atoms with Gasteiger partial charge in [-0.15, -0.1) is 11.3 Å². The van der Waals surface area contributed by atoms with Crippen LogP contribution in [0.15, 0.2) is 35.7 Å². The van der Waals surface area contributed by atoms with E-state index in [4.69, 9.17) is 9.47 Å². The lowest BCUT2D eigenvalue weighted by molar-refractivity contribution is 0.0333. The minimum atomic E-state index is -0.222. The van der Waals surface area contributed by atoms with Gasteiger partial charge in [0.1, 0.15) is 11.5 Å². The summed E-state index contributed by atoms with van der Waals surface area (Å²) in [7, 11) is 0. The highest BCUT2D eigenvalue weighted by atomic mass is 32.1. The summed E-state index contributed by atoms with van der Waals surface area (Å²) < 4.78 is 11.3. The van der Waals surface area contributed by atoms with Crippen LogP contribution in [0.3, 0.4) is 0 Å². The fourth-order valence-electron chi connectivity index (χ4n) is 2.95. The summed E-state index contributed by atoms with van der Waals surface area (Å²) in [4.78, 5) is 15.8. The van der Waals surface area contributed by atoms with Crippen LogP contribution in [-0.4, -0.2) is 48.2 Å². The minimum absolute atomic E-state index is 0.000437. The zero-order chi connectivity index (χ0) is 19.2. The van der Waals surface area contributed by atoms with Gasteiger partial charge in [0, 0.05) is 24.5 Å². The molecule has 0 aliphatic carbocycles. The number of ketones is 1. The molecule has 27 heavy (non-hydrogen) atoms. The molecule has 144 valence electrons. The summed E-state index contributed by atoms with van der Waals surface area (Å²) in [5.41, 5.74) is 0.947. The molecule has 1 saturated heterocycles. The van der Waals surface area contributed by atoms with E-state index in [-0.39, 0.29) is 17.6 Å². The van der Waals surface area contributed by atoms with Crippen LogP contribution in [0, 0.1) is 0 Å². The van der Waals surface area contributed by atoms with Gasteiger partial charge in [-0.05, 0) is 49.6 Å². The Hall–Kier alpha value is -2.15. The van der Waals surface area contributed by atoms with Crippen LogP contribution in [0.1, 0.15) is 34.6 Å². The zero-order valence-electron chi connectivity index (χ0n) is 15.7. The minimum Gasteiger partial charge on any atom is -0.507 e. The SMILES string of the molecule is CC(C)Oc1ccc(C(=O)/C=C/c2cccs2)c(O)c1CN1CCOCC1. The van der Waals surface area contributed by atoms with Crippen LogP contribution in [0.4, 0.5) is 0 Å². The number of thiophene rings is 1. The Labute approximate surface area is 163 Å². The Morgan fingerprint density at radius 2 is 2.11 bits per heavy atom. The van der Waals surface area contributed by atoms with Crippen molar-refractivity contribution < 1.29 is 19.4 Å². The molecule has 0 saturated carbocycles. The molecular formula is C21H25NO4S. The smallest absolute Gasteiger partial charge is 0.189 e. The third kappa shape index (κ3) is 5.19. The molecule has 2 heterocycles. The van der Waals surface area contributed by atoms with E-state index in [0.29, 0.717) is 36.6 Å². The first-order valence-corrected chi connectivity index (χ1v) is 10.00. The van der Waals surface area contributed by atoms with Gasteiger partial charge >= 0.3 is 0 Å².